The lowest BCUT2D eigenvalue weighted by atomic mass is 9.94. The van der Waals surface area contributed by atoms with E-state index in [1.807, 2.05) is 61.1 Å². The molecule has 3 aromatic carbocycles. The number of halogens is 3. The average molecular weight is 352 g/mol. The number of aryl methyl sites for hydroxylation is 2. The number of alkyl halides is 3. The van der Waals surface area contributed by atoms with Crippen molar-refractivity contribution in [2.45, 2.75) is 13.1 Å². The van der Waals surface area contributed by atoms with Gasteiger partial charge in [0.25, 0.3) is 0 Å². The quantitative estimate of drug-likeness (QED) is 0.301. The van der Waals surface area contributed by atoms with Gasteiger partial charge in [-0.2, -0.15) is 13.2 Å². The predicted octanol–water partition coefficient (Wildman–Crippen LogP) is 5.81. The molecule has 0 amide bonds. The van der Waals surface area contributed by atoms with Gasteiger partial charge in [-0.1, -0.05) is 36.4 Å². The monoisotopic (exact) mass is 352 g/mol. The van der Waals surface area contributed by atoms with Crippen LogP contribution in [-0.4, -0.2) is 0 Å². The highest BCUT2D eigenvalue weighted by Gasteiger charge is 2.33. The molecule has 0 aliphatic carbocycles. The minimum atomic E-state index is -4.39. The fraction of sp³-hybridized carbons (Fsp3) is 0.136. The summed E-state index contributed by atoms with van der Waals surface area (Å²) in [5.74, 6) is 0. The molecule has 0 spiro atoms. The third-order valence-electron chi connectivity index (χ3n) is 4.78. The fourth-order valence-electron chi connectivity index (χ4n) is 3.72. The van der Waals surface area contributed by atoms with Gasteiger partial charge in [-0.05, 0) is 42.3 Å². The zero-order valence-electron chi connectivity index (χ0n) is 14.4. The maximum atomic E-state index is 13.5. The van der Waals surface area contributed by atoms with E-state index in [4.69, 9.17) is 0 Å². The van der Waals surface area contributed by atoms with Crippen molar-refractivity contribution >= 4 is 21.7 Å². The summed E-state index contributed by atoms with van der Waals surface area (Å²) in [4.78, 5) is 0. The summed E-state index contributed by atoms with van der Waals surface area (Å²) in [5, 5.41) is 3.05. The number of rotatable bonds is 1. The Bertz CT molecular complexity index is 1140. The largest absolute Gasteiger partial charge is 0.417 e. The smallest absolute Gasteiger partial charge is 0.200 e. The third kappa shape index (κ3) is 2.62. The molecule has 4 heteroatoms. The van der Waals surface area contributed by atoms with E-state index in [9.17, 15) is 13.2 Å². The van der Waals surface area contributed by atoms with Crippen LogP contribution in [0.2, 0.25) is 0 Å². The highest BCUT2D eigenvalue weighted by Crippen LogP contribution is 2.38. The second kappa shape index (κ2) is 5.84. The van der Waals surface area contributed by atoms with Gasteiger partial charge in [0.05, 0.1) is 10.9 Å². The molecule has 0 fully saturated rings. The lowest BCUT2D eigenvalue weighted by Crippen LogP contribution is -2.29. The van der Waals surface area contributed by atoms with E-state index in [1.165, 1.54) is 12.1 Å². The van der Waals surface area contributed by atoms with E-state index < -0.39 is 11.7 Å². The van der Waals surface area contributed by atoms with Crippen LogP contribution >= 0.6 is 0 Å². The van der Waals surface area contributed by atoms with Crippen LogP contribution in [0.3, 0.4) is 0 Å². The van der Waals surface area contributed by atoms with Gasteiger partial charge in [0.15, 0.2) is 6.20 Å². The van der Waals surface area contributed by atoms with E-state index in [0.717, 1.165) is 33.3 Å². The van der Waals surface area contributed by atoms with E-state index in [0.29, 0.717) is 5.56 Å². The Morgan fingerprint density at radius 3 is 2.31 bits per heavy atom. The van der Waals surface area contributed by atoms with E-state index >= 15 is 0 Å². The van der Waals surface area contributed by atoms with Gasteiger partial charge < -0.3 is 0 Å². The molecule has 0 N–H and O–H groups in total. The number of hydrogen-bond acceptors (Lipinski definition) is 0. The van der Waals surface area contributed by atoms with Crippen LogP contribution in [0.1, 0.15) is 11.1 Å². The first-order valence-electron chi connectivity index (χ1n) is 8.34. The van der Waals surface area contributed by atoms with Crippen molar-refractivity contribution < 1.29 is 17.7 Å². The van der Waals surface area contributed by atoms with Crippen molar-refractivity contribution in [3.63, 3.8) is 0 Å². The van der Waals surface area contributed by atoms with Crippen molar-refractivity contribution in [3.8, 4) is 11.1 Å². The predicted molar refractivity (Wildman–Crippen MR) is 97.8 cm³/mol. The molecule has 1 aromatic heterocycles. The molecule has 26 heavy (non-hydrogen) atoms. The van der Waals surface area contributed by atoms with Crippen LogP contribution in [0.15, 0.2) is 66.9 Å². The first-order chi connectivity index (χ1) is 12.4. The number of aromatic nitrogens is 1. The van der Waals surface area contributed by atoms with Crippen LogP contribution in [0.4, 0.5) is 13.2 Å². The molecule has 0 aliphatic rings. The lowest BCUT2D eigenvalue weighted by Gasteiger charge is -2.14. The molecule has 0 unspecified atom stereocenters. The van der Waals surface area contributed by atoms with Crippen LogP contribution in [0.5, 0.6) is 0 Å². The van der Waals surface area contributed by atoms with E-state index in [-0.39, 0.29) is 5.56 Å². The Labute approximate surface area is 149 Å². The van der Waals surface area contributed by atoms with Crippen molar-refractivity contribution in [2.24, 2.45) is 7.05 Å². The van der Waals surface area contributed by atoms with Crippen molar-refractivity contribution in [3.05, 3.63) is 78.0 Å². The molecule has 1 nitrogen and oxygen atoms in total. The minimum Gasteiger partial charge on any atom is -0.200 e. The molecule has 0 radical (unpaired) electrons. The molecule has 4 rings (SSSR count). The maximum Gasteiger partial charge on any atom is 0.417 e. The first-order valence-corrected chi connectivity index (χ1v) is 8.34. The summed E-state index contributed by atoms with van der Waals surface area (Å²) in [6, 6.07) is 17.4. The Morgan fingerprint density at radius 1 is 0.846 bits per heavy atom. The van der Waals surface area contributed by atoms with Gasteiger partial charge in [-0.3, -0.25) is 0 Å². The average Bonchev–Trinajstić information content (AvgIpc) is 2.60. The number of fused-ring (bicyclic) bond motifs is 3. The Morgan fingerprint density at radius 2 is 1.54 bits per heavy atom. The summed E-state index contributed by atoms with van der Waals surface area (Å²) >= 11 is 0. The SMILES string of the molecule is Cc1cc(-c2ccccc2C(F)(F)F)cc2c3ccccc3c[n+](C)c12. The molecule has 0 bridgehead atoms. The zero-order chi connectivity index (χ0) is 18.5. The topological polar surface area (TPSA) is 3.88 Å². The minimum absolute atomic E-state index is 0.209. The molecule has 1 heterocycles. The second-order valence-electron chi connectivity index (χ2n) is 6.56. The third-order valence-corrected chi connectivity index (χ3v) is 4.78. The summed E-state index contributed by atoms with van der Waals surface area (Å²) in [6.07, 6.45) is -2.34. The molecule has 0 aliphatic heterocycles. The lowest BCUT2D eigenvalue weighted by molar-refractivity contribution is -0.643. The summed E-state index contributed by atoms with van der Waals surface area (Å²) in [5.41, 5.74) is 2.16. The first kappa shape index (κ1) is 16.6. The highest BCUT2D eigenvalue weighted by molar-refractivity contribution is 6.06. The van der Waals surface area contributed by atoms with Gasteiger partial charge in [0.1, 0.15) is 7.05 Å². The Kier molecular flexibility index (Phi) is 3.72. The molecular formula is C22H17F3N+. The van der Waals surface area contributed by atoms with Gasteiger partial charge in [-0.15, -0.1) is 0 Å². The van der Waals surface area contributed by atoms with Gasteiger partial charge in [0, 0.05) is 16.3 Å². The fourth-order valence-corrected chi connectivity index (χ4v) is 3.72. The van der Waals surface area contributed by atoms with Crippen LogP contribution in [0, 0.1) is 6.92 Å². The summed E-state index contributed by atoms with van der Waals surface area (Å²) < 4.78 is 42.4. The van der Waals surface area contributed by atoms with E-state index in [2.05, 4.69) is 0 Å². The molecule has 0 saturated carbocycles. The number of nitrogens with zero attached hydrogens (tertiary/aromatic N) is 1. The second-order valence-corrected chi connectivity index (χ2v) is 6.56. The van der Waals surface area contributed by atoms with Gasteiger partial charge in [-0.25, -0.2) is 4.57 Å². The summed E-state index contributed by atoms with van der Waals surface area (Å²) in [6.45, 7) is 1.94. The standard InChI is InChI=1S/C22H17F3N/c1-14-11-16(18-9-5-6-10-20(18)22(23,24)25)12-19-17-8-4-3-7-15(17)13-26(2)21(14)19/h3-13H,1-2H3/q+1. The van der Waals surface area contributed by atoms with Crippen LogP contribution in [-0.2, 0) is 13.2 Å². The molecule has 130 valence electrons. The van der Waals surface area contributed by atoms with Gasteiger partial charge >= 0.3 is 6.18 Å². The van der Waals surface area contributed by atoms with E-state index in [1.54, 1.807) is 6.07 Å². The van der Waals surface area contributed by atoms with Gasteiger partial charge in [0.2, 0.25) is 5.52 Å². The molecule has 0 atom stereocenters. The Balaban J connectivity index is 2.10. The Hall–Kier alpha value is -2.88. The van der Waals surface area contributed by atoms with Crippen LogP contribution < -0.4 is 4.57 Å². The number of hydrogen-bond donors (Lipinski definition) is 0. The molecule has 0 saturated heterocycles. The number of pyridine rings is 1. The van der Waals surface area contributed by atoms with Crippen LogP contribution in [0.25, 0.3) is 32.8 Å². The maximum absolute atomic E-state index is 13.5. The molecular weight excluding hydrogens is 335 g/mol. The number of benzene rings is 3. The van der Waals surface area contributed by atoms with Crippen molar-refractivity contribution in [1.82, 2.24) is 0 Å². The zero-order valence-corrected chi connectivity index (χ0v) is 14.4. The van der Waals surface area contributed by atoms with Crippen molar-refractivity contribution in [1.29, 1.82) is 0 Å². The summed E-state index contributed by atoms with van der Waals surface area (Å²) in [7, 11) is 1.96. The van der Waals surface area contributed by atoms with Crippen molar-refractivity contribution in [2.75, 3.05) is 0 Å². The molecule has 4 aromatic rings. The highest BCUT2D eigenvalue weighted by atomic mass is 19.4. The normalized spacial score (nSPS) is 12.0.